The molecule has 1 N–H and O–H groups in total. The largest absolute Gasteiger partial charge is 0.352 e. The van der Waals surface area contributed by atoms with Gasteiger partial charge in [0.25, 0.3) is 10.0 Å². The Morgan fingerprint density at radius 3 is 2.22 bits per heavy atom. The van der Waals surface area contributed by atoms with Gasteiger partial charge in [-0.15, -0.1) is 0 Å². The number of sulfonamides is 1. The van der Waals surface area contributed by atoms with Crippen LogP contribution < -0.4 is 9.62 Å². The van der Waals surface area contributed by atoms with Gasteiger partial charge in [-0.3, -0.25) is 13.9 Å². The monoisotopic (exact) mass is 649 g/mol. The van der Waals surface area contributed by atoms with E-state index in [4.69, 9.17) is 11.6 Å². The van der Waals surface area contributed by atoms with Crippen LogP contribution in [0.15, 0.2) is 108 Å². The van der Waals surface area contributed by atoms with Crippen LogP contribution in [0.2, 0.25) is 5.02 Å². The summed E-state index contributed by atoms with van der Waals surface area (Å²) in [4.78, 5) is 29.5. The first-order valence-electron chi connectivity index (χ1n) is 14.7. The minimum atomic E-state index is -4.27. The zero-order valence-electron chi connectivity index (χ0n) is 25.5. The van der Waals surface area contributed by atoms with Gasteiger partial charge in [0.05, 0.1) is 10.6 Å². The molecule has 0 unspecified atom stereocenters. The number of hydrogen-bond donors (Lipinski definition) is 1. The van der Waals surface area contributed by atoms with Gasteiger partial charge in [-0.1, -0.05) is 90.8 Å². The molecule has 0 aliphatic heterocycles. The molecule has 7 nitrogen and oxygen atoms in total. The van der Waals surface area contributed by atoms with Gasteiger partial charge in [-0.25, -0.2) is 12.8 Å². The topological polar surface area (TPSA) is 86.8 Å². The molecule has 4 aromatic rings. The van der Waals surface area contributed by atoms with Crippen LogP contribution >= 0.6 is 11.6 Å². The van der Waals surface area contributed by atoms with Crippen molar-refractivity contribution in [3.63, 3.8) is 0 Å². The maximum absolute atomic E-state index is 15.0. The molecule has 2 amide bonds. The van der Waals surface area contributed by atoms with Crippen molar-refractivity contribution in [3.8, 4) is 0 Å². The van der Waals surface area contributed by atoms with E-state index in [9.17, 15) is 18.0 Å². The highest BCUT2D eigenvalue weighted by Gasteiger charge is 2.35. The Balaban J connectivity index is 1.82. The van der Waals surface area contributed by atoms with Crippen molar-refractivity contribution in [1.82, 2.24) is 10.2 Å². The molecule has 0 spiro atoms. The quantitative estimate of drug-likeness (QED) is 0.178. The Morgan fingerprint density at radius 1 is 0.911 bits per heavy atom. The number of carbonyl (C=O) groups excluding carboxylic acids is 2. The Bertz CT molecular complexity index is 1720. The lowest BCUT2D eigenvalue weighted by atomic mass is 10.0. The van der Waals surface area contributed by atoms with Gasteiger partial charge in [0.15, 0.2) is 0 Å². The van der Waals surface area contributed by atoms with Crippen molar-refractivity contribution in [2.24, 2.45) is 0 Å². The molecule has 0 fully saturated rings. The van der Waals surface area contributed by atoms with Crippen LogP contribution in [0.4, 0.5) is 10.1 Å². The van der Waals surface area contributed by atoms with E-state index in [2.05, 4.69) is 5.32 Å². The summed E-state index contributed by atoms with van der Waals surface area (Å²) in [6.45, 7) is 4.71. The second-order valence-electron chi connectivity index (χ2n) is 10.9. The highest BCUT2D eigenvalue weighted by Crippen LogP contribution is 2.27. The fraction of sp³-hybridized carbons (Fsp3) is 0.257. The Labute approximate surface area is 269 Å². The lowest BCUT2D eigenvalue weighted by molar-refractivity contribution is -0.140. The number of aryl methyl sites for hydroxylation is 1. The minimum absolute atomic E-state index is 0.0168. The summed E-state index contributed by atoms with van der Waals surface area (Å²) in [5.41, 5.74) is 2.01. The normalized spacial score (nSPS) is 12.6. The summed E-state index contributed by atoms with van der Waals surface area (Å²) >= 11 is 6.26. The second-order valence-corrected chi connectivity index (χ2v) is 13.2. The van der Waals surface area contributed by atoms with E-state index in [1.54, 1.807) is 42.5 Å². The van der Waals surface area contributed by atoms with Crippen molar-refractivity contribution >= 4 is 39.1 Å². The molecular formula is C35H37ClFN3O4S. The van der Waals surface area contributed by atoms with Crippen molar-refractivity contribution < 1.29 is 22.4 Å². The van der Waals surface area contributed by atoms with Gasteiger partial charge in [0, 0.05) is 29.6 Å². The molecule has 0 radical (unpaired) electrons. The predicted octanol–water partition coefficient (Wildman–Crippen LogP) is 6.54. The maximum atomic E-state index is 15.0. The van der Waals surface area contributed by atoms with E-state index >= 15 is 4.39 Å². The van der Waals surface area contributed by atoms with Gasteiger partial charge >= 0.3 is 0 Å². The van der Waals surface area contributed by atoms with Crippen LogP contribution in [0.5, 0.6) is 0 Å². The summed E-state index contributed by atoms with van der Waals surface area (Å²) < 4.78 is 44.2. The third kappa shape index (κ3) is 8.71. The number of rotatable bonds is 13. The van der Waals surface area contributed by atoms with Gasteiger partial charge in [0.1, 0.15) is 18.4 Å². The number of hydrogen-bond acceptors (Lipinski definition) is 4. The lowest BCUT2D eigenvalue weighted by Crippen LogP contribution is -2.54. The number of carbonyl (C=O) groups is 2. The highest BCUT2D eigenvalue weighted by molar-refractivity contribution is 7.92. The van der Waals surface area contributed by atoms with E-state index in [-0.39, 0.29) is 40.2 Å². The van der Waals surface area contributed by atoms with Crippen LogP contribution in [0.25, 0.3) is 0 Å². The van der Waals surface area contributed by atoms with Gasteiger partial charge in [-0.05, 0) is 62.2 Å². The van der Waals surface area contributed by atoms with Crippen LogP contribution in [-0.2, 0) is 32.6 Å². The first-order valence-corrected chi connectivity index (χ1v) is 16.5. The van der Waals surface area contributed by atoms with Gasteiger partial charge in [0.2, 0.25) is 11.8 Å². The lowest BCUT2D eigenvalue weighted by Gasteiger charge is -2.34. The first kappa shape index (κ1) is 33.7. The second kappa shape index (κ2) is 15.2. The van der Waals surface area contributed by atoms with Gasteiger partial charge in [-0.2, -0.15) is 0 Å². The van der Waals surface area contributed by atoms with E-state index in [0.29, 0.717) is 6.42 Å². The van der Waals surface area contributed by atoms with E-state index < -0.39 is 40.2 Å². The van der Waals surface area contributed by atoms with Gasteiger partial charge < -0.3 is 10.2 Å². The van der Waals surface area contributed by atoms with Crippen LogP contribution in [0.1, 0.15) is 37.0 Å². The first-order chi connectivity index (χ1) is 21.5. The number of nitrogens with one attached hydrogen (secondary N) is 1. The predicted molar refractivity (Wildman–Crippen MR) is 176 cm³/mol. The smallest absolute Gasteiger partial charge is 0.264 e. The molecule has 0 saturated carbocycles. The molecule has 2 atom stereocenters. The molecule has 45 heavy (non-hydrogen) atoms. The van der Waals surface area contributed by atoms with E-state index in [1.165, 1.54) is 35.2 Å². The van der Waals surface area contributed by atoms with Crippen LogP contribution in [0, 0.1) is 12.7 Å². The van der Waals surface area contributed by atoms with Crippen LogP contribution in [-0.4, -0.2) is 43.8 Å². The molecule has 4 rings (SSSR count). The zero-order valence-corrected chi connectivity index (χ0v) is 27.1. The molecule has 0 aliphatic rings. The minimum Gasteiger partial charge on any atom is -0.352 e. The molecule has 0 aromatic heterocycles. The number of amides is 2. The standard InChI is InChI=1S/C35H37ClFN3O4S/c1-4-26(3)38-35(42)33(21-27-11-6-5-7-12-27)39(23-28-13-8-9-16-32(28)37)34(41)24-40(30-15-10-14-29(36)22-30)45(43,44)31-19-17-25(2)18-20-31/h5-20,22,26,33H,4,21,23-24H2,1-3H3,(H,38,42)/t26-,33+/m0/s1. The summed E-state index contributed by atoms with van der Waals surface area (Å²) in [5.74, 6) is -1.65. The summed E-state index contributed by atoms with van der Waals surface area (Å²) in [7, 11) is -4.27. The fourth-order valence-electron chi connectivity index (χ4n) is 4.80. The molecule has 236 valence electrons. The van der Waals surface area contributed by atoms with Crippen molar-refractivity contribution in [2.75, 3.05) is 10.8 Å². The molecule has 0 heterocycles. The van der Waals surface area contributed by atoms with Crippen LogP contribution in [0.3, 0.4) is 0 Å². The third-order valence-corrected chi connectivity index (χ3v) is 9.58. The molecule has 0 bridgehead atoms. The number of halogens is 2. The fourth-order valence-corrected chi connectivity index (χ4v) is 6.39. The summed E-state index contributed by atoms with van der Waals surface area (Å²) in [6.07, 6.45) is 0.785. The Kier molecular flexibility index (Phi) is 11.4. The number of nitrogens with zero attached hydrogens (tertiary/aromatic N) is 2. The maximum Gasteiger partial charge on any atom is 0.264 e. The van der Waals surface area contributed by atoms with Crippen molar-refractivity contribution in [3.05, 3.63) is 131 Å². The number of anilines is 1. The highest BCUT2D eigenvalue weighted by atomic mass is 35.5. The summed E-state index contributed by atoms with van der Waals surface area (Å²) in [6, 6.07) is 26.4. The average Bonchev–Trinajstić information content (AvgIpc) is 3.02. The molecule has 4 aromatic carbocycles. The van der Waals surface area contributed by atoms with E-state index in [0.717, 1.165) is 15.4 Å². The SMILES string of the molecule is CC[C@H](C)NC(=O)[C@@H](Cc1ccccc1)N(Cc1ccccc1F)C(=O)CN(c1cccc(Cl)c1)S(=O)(=O)c1ccc(C)cc1. The third-order valence-electron chi connectivity index (χ3n) is 7.55. The molecule has 0 aliphatic carbocycles. The summed E-state index contributed by atoms with van der Waals surface area (Å²) in [5, 5.41) is 3.24. The van der Waals surface area contributed by atoms with Crippen molar-refractivity contribution in [2.45, 2.75) is 57.1 Å². The molecule has 10 heteroatoms. The average molecular weight is 650 g/mol. The molecule has 0 saturated heterocycles. The van der Waals surface area contributed by atoms with Crippen molar-refractivity contribution in [1.29, 1.82) is 0 Å². The molecular weight excluding hydrogens is 613 g/mol. The number of benzene rings is 4. The van der Waals surface area contributed by atoms with E-state index in [1.807, 2.05) is 51.1 Å². The Hall–Kier alpha value is -4.21. The Morgan fingerprint density at radius 2 is 1.58 bits per heavy atom. The zero-order chi connectivity index (χ0) is 32.6.